The van der Waals surface area contributed by atoms with Gasteiger partial charge in [-0.25, -0.2) is 4.98 Å². The number of hydrogen-bond acceptors (Lipinski definition) is 5. The Kier molecular flexibility index (Phi) is 4.75. The van der Waals surface area contributed by atoms with Crippen LogP contribution in [0.4, 0.5) is 5.82 Å². The average molecular weight is 340 g/mol. The second-order valence-corrected chi connectivity index (χ2v) is 6.82. The summed E-state index contributed by atoms with van der Waals surface area (Å²) in [5.41, 5.74) is -0.799. The quantitative estimate of drug-likeness (QED) is 0.865. The number of aliphatic hydroxyl groups excluding tert-OH is 1. The van der Waals surface area contributed by atoms with Gasteiger partial charge in [-0.2, -0.15) is 0 Å². The standard InChI is InChI=1S/C16H22ClN3O3/c17-12-2-3-14(18-10-12)20-7-4-13-16(11-20,15(22)23)5-1-6-19(13)8-9-21/h2-3,10,13,21H,1,4-9,11H2,(H,22,23)/t13-,16+/m1/s1. The van der Waals surface area contributed by atoms with E-state index in [1.165, 1.54) is 0 Å². The van der Waals surface area contributed by atoms with Crippen molar-refractivity contribution in [1.82, 2.24) is 9.88 Å². The van der Waals surface area contributed by atoms with E-state index in [1.807, 2.05) is 11.0 Å². The molecule has 0 spiro atoms. The van der Waals surface area contributed by atoms with Crippen LogP contribution in [-0.2, 0) is 4.79 Å². The monoisotopic (exact) mass is 339 g/mol. The Bertz CT molecular complexity index is 566. The molecule has 2 fully saturated rings. The predicted molar refractivity (Wildman–Crippen MR) is 87.8 cm³/mol. The molecule has 6 nitrogen and oxygen atoms in total. The van der Waals surface area contributed by atoms with Crippen molar-refractivity contribution in [3.05, 3.63) is 23.4 Å². The Labute approximate surface area is 140 Å². The van der Waals surface area contributed by atoms with Crippen LogP contribution in [0.3, 0.4) is 0 Å². The smallest absolute Gasteiger partial charge is 0.313 e. The van der Waals surface area contributed by atoms with Gasteiger partial charge in [0.25, 0.3) is 0 Å². The molecule has 1 aromatic heterocycles. The van der Waals surface area contributed by atoms with Crippen molar-refractivity contribution < 1.29 is 15.0 Å². The Hall–Kier alpha value is -1.37. The molecule has 2 saturated heterocycles. The molecule has 2 aliphatic heterocycles. The third kappa shape index (κ3) is 3.03. The Morgan fingerprint density at radius 3 is 2.91 bits per heavy atom. The summed E-state index contributed by atoms with van der Waals surface area (Å²) in [6.07, 6.45) is 3.86. The Morgan fingerprint density at radius 2 is 2.26 bits per heavy atom. The van der Waals surface area contributed by atoms with Gasteiger partial charge in [0.05, 0.1) is 11.6 Å². The van der Waals surface area contributed by atoms with Gasteiger partial charge in [-0.15, -0.1) is 0 Å². The molecule has 2 atom stereocenters. The summed E-state index contributed by atoms with van der Waals surface area (Å²) in [6.45, 7) is 2.67. The highest BCUT2D eigenvalue weighted by atomic mass is 35.5. The van der Waals surface area contributed by atoms with E-state index in [2.05, 4.69) is 9.88 Å². The molecular weight excluding hydrogens is 318 g/mol. The molecule has 1 aromatic rings. The van der Waals surface area contributed by atoms with E-state index < -0.39 is 11.4 Å². The van der Waals surface area contributed by atoms with Crippen molar-refractivity contribution in [3.63, 3.8) is 0 Å². The lowest BCUT2D eigenvalue weighted by atomic mass is 9.69. The molecule has 2 N–H and O–H groups in total. The van der Waals surface area contributed by atoms with Gasteiger partial charge in [-0.1, -0.05) is 11.6 Å². The van der Waals surface area contributed by atoms with Crippen molar-refractivity contribution in [1.29, 1.82) is 0 Å². The van der Waals surface area contributed by atoms with Gasteiger partial charge < -0.3 is 15.1 Å². The number of fused-ring (bicyclic) bond motifs is 1. The fourth-order valence-corrected chi connectivity index (χ4v) is 4.19. The van der Waals surface area contributed by atoms with Crippen LogP contribution in [0.15, 0.2) is 18.3 Å². The van der Waals surface area contributed by atoms with Crippen LogP contribution < -0.4 is 4.90 Å². The highest BCUT2D eigenvalue weighted by Gasteiger charge is 2.53. The zero-order valence-electron chi connectivity index (χ0n) is 13.0. The number of carboxylic acid groups (broad SMARTS) is 1. The zero-order valence-corrected chi connectivity index (χ0v) is 13.7. The second-order valence-electron chi connectivity index (χ2n) is 6.39. The fourth-order valence-electron chi connectivity index (χ4n) is 4.07. The van der Waals surface area contributed by atoms with Crippen LogP contribution in [0.25, 0.3) is 0 Å². The number of carboxylic acids is 1. The van der Waals surface area contributed by atoms with Crippen LogP contribution in [0.5, 0.6) is 0 Å². The number of rotatable bonds is 4. The minimum absolute atomic E-state index is 0.0237. The van der Waals surface area contributed by atoms with Gasteiger partial charge in [0, 0.05) is 31.9 Å². The van der Waals surface area contributed by atoms with Crippen LogP contribution in [0, 0.1) is 5.41 Å². The largest absolute Gasteiger partial charge is 0.481 e. The van der Waals surface area contributed by atoms with E-state index in [-0.39, 0.29) is 12.6 Å². The first-order chi connectivity index (χ1) is 11.1. The van der Waals surface area contributed by atoms with Gasteiger partial charge in [0.15, 0.2) is 0 Å². The number of anilines is 1. The third-order valence-corrected chi connectivity index (χ3v) is 5.36. The van der Waals surface area contributed by atoms with Crippen molar-refractivity contribution in [3.8, 4) is 0 Å². The molecule has 0 radical (unpaired) electrons. The first kappa shape index (κ1) is 16.5. The number of likely N-dealkylation sites (tertiary alicyclic amines) is 1. The molecule has 3 heterocycles. The van der Waals surface area contributed by atoms with Gasteiger partial charge in [0.2, 0.25) is 0 Å². The highest BCUT2D eigenvalue weighted by Crippen LogP contribution is 2.42. The number of carbonyl (C=O) groups is 1. The van der Waals surface area contributed by atoms with E-state index in [1.54, 1.807) is 12.3 Å². The molecule has 0 amide bonds. The fraction of sp³-hybridized carbons (Fsp3) is 0.625. The summed E-state index contributed by atoms with van der Waals surface area (Å²) in [4.78, 5) is 20.7. The van der Waals surface area contributed by atoms with Crippen molar-refractivity contribution >= 4 is 23.4 Å². The maximum absolute atomic E-state index is 12.1. The molecular formula is C16H22ClN3O3. The van der Waals surface area contributed by atoms with Crippen molar-refractivity contribution in [2.75, 3.05) is 37.7 Å². The summed E-state index contributed by atoms with van der Waals surface area (Å²) >= 11 is 5.89. The lowest BCUT2D eigenvalue weighted by Crippen LogP contribution is -2.64. The van der Waals surface area contributed by atoms with Gasteiger partial charge in [0.1, 0.15) is 11.2 Å². The number of piperidine rings is 2. The van der Waals surface area contributed by atoms with E-state index in [0.717, 1.165) is 31.7 Å². The van der Waals surface area contributed by atoms with E-state index in [0.29, 0.717) is 24.5 Å². The van der Waals surface area contributed by atoms with Crippen LogP contribution in [0.1, 0.15) is 19.3 Å². The molecule has 7 heteroatoms. The molecule has 126 valence electrons. The summed E-state index contributed by atoms with van der Waals surface area (Å²) in [5.74, 6) is 0.0246. The molecule has 0 aliphatic carbocycles. The topological polar surface area (TPSA) is 76.9 Å². The number of halogens is 1. The van der Waals surface area contributed by atoms with Crippen LogP contribution in [-0.4, -0.2) is 64.9 Å². The lowest BCUT2D eigenvalue weighted by molar-refractivity contribution is -0.158. The number of aliphatic hydroxyl groups is 1. The first-order valence-corrected chi connectivity index (χ1v) is 8.39. The van der Waals surface area contributed by atoms with E-state index in [4.69, 9.17) is 11.6 Å². The predicted octanol–water partition coefficient (Wildman–Crippen LogP) is 1.47. The molecule has 2 aliphatic rings. The number of pyridine rings is 1. The second kappa shape index (κ2) is 6.63. The van der Waals surface area contributed by atoms with Gasteiger partial charge in [-0.3, -0.25) is 9.69 Å². The molecule has 23 heavy (non-hydrogen) atoms. The third-order valence-electron chi connectivity index (χ3n) is 5.14. The molecule has 0 saturated carbocycles. The maximum Gasteiger partial charge on any atom is 0.313 e. The van der Waals surface area contributed by atoms with E-state index in [9.17, 15) is 15.0 Å². The van der Waals surface area contributed by atoms with Crippen molar-refractivity contribution in [2.45, 2.75) is 25.3 Å². The zero-order chi connectivity index (χ0) is 16.4. The number of aromatic nitrogens is 1. The Morgan fingerprint density at radius 1 is 1.43 bits per heavy atom. The summed E-state index contributed by atoms with van der Waals surface area (Å²) in [5, 5.41) is 19.8. The number of aliphatic carboxylic acids is 1. The molecule has 0 bridgehead atoms. The van der Waals surface area contributed by atoms with Crippen molar-refractivity contribution in [2.24, 2.45) is 5.41 Å². The summed E-state index contributed by atoms with van der Waals surface area (Å²) < 4.78 is 0. The van der Waals surface area contributed by atoms with Gasteiger partial charge in [-0.05, 0) is 37.9 Å². The highest BCUT2D eigenvalue weighted by molar-refractivity contribution is 6.30. The minimum Gasteiger partial charge on any atom is -0.481 e. The summed E-state index contributed by atoms with van der Waals surface area (Å²) in [6, 6.07) is 3.60. The summed E-state index contributed by atoms with van der Waals surface area (Å²) in [7, 11) is 0. The SMILES string of the molecule is O=C(O)[C@]12CCCN(CCO)[C@@H]1CCN(c1ccc(Cl)cn1)C2. The van der Waals surface area contributed by atoms with Crippen LogP contribution in [0.2, 0.25) is 5.02 Å². The first-order valence-electron chi connectivity index (χ1n) is 8.01. The number of nitrogens with zero attached hydrogens (tertiary/aromatic N) is 3. The molecule has 3 rings (SSSR count). The maximum atomic E-state index is 12.1. The molecule has 0 unspecified atom stereocenters. The Balaban J connectivity index is 1.86. The minimum atomic E-state index is -0.799. The van der Waals surface area contributed by atoms with E-state index >= 15 is 0 Å². The van der Waals surface area contributed by atoms with Gasteiger partial charge >= 0.3 is 5.97 Å². The number of hydrogen-bond donors (Lipinski definition) is 2. The average Bonchev–Trinajstić information content (AvgIpc) is 2.55. The number of β-amino-alcohol motifs (C(OH)–C–C–N with tert-alkyl or cyclic N) is 1. The molecule has 0 aromatic carbocycles. The van der Waals surface area contributed by atoms with Crippen LogP contribution >= 0.6 is 11.6 Å². The normalized spacial score (nSPS) is 28.4. The lowest BCUT2D eigenvalue weighted by Gasteiger charge is -2.53.